The van der Waals surface area contributed by atoms with Gasteiger partial charge in [-0.3, -0.25) is 4.57 Å². The summed E-state index contributed by atoms with van der Waals surface area (Å²) >= 11 is 0. The molecule has 0 radical (unpaired) electrons. The number of nitrogens with zero attached hydrogens (tertiary/aromatic N) is 6. The van der Waals surface area contributed by atoms with Crippen LogP contribution in [0.15, 0.2) is 290 Å². The Balaban J connectivity index is 1.12. The first kappa shape index (κ1) is 19.6. The van der Waals surface area contributed by atoms with Crippen LogP contribution in [0.5, 0.6) is 0 Å². The standard InChI is InChI=1S/C75H48N6Si2/c1-3-25-51(26-4-1)82(67-43-17-15-41-65(67)79-61-37-11-9-33-57(61)59-35-21-45-69(82)71(59)79)53-29-19-23-49(47-53)73-76-74(78-75(77-73)81-63-39-13-7-31-55(63)56-32-8-14-40-64(56)81)50-24-20-30-54(48-50)83(52-27-5-2-6-28-52)68-44-18-16-42-66(68)80-62-38-12-10-34-58(62)60-36-22-46-70(83)72(60)80/h1-48H/i1D,2D,3D,4D,5D,6D,7D,8D,9D,10D,11D,12D,13D,14D,15D,16D,17D,18D,19D,20D,21D,22D,23D,24D,25D,26D,27D,28D,29D,30D,31D,32D,33D,34D,35D,36D,37D,38D,39D,40D,41D,42D,43D,44D,45D,46D,47D,48D. The second-order valence-electron chi connectivity index (χ2n) is 18.6. The Morgan fingerprint density at radius 2 is 0.590 bits per heavy atom. The van der Waals surface area contributed by atoms with Crippen molar-refractivity contribution in [1.82, 2.24) is 28.7 Å². The van der Waals surface area contributed by atoms with Crippen LogP contribution in [0.2, 0.25) is 0 Å². The Bertz CT molecular complexity index is 7820. The first-order valence-corrected chi connectivity index (χ1v) is 28.6. The van der Waals surface area contributed by atoms with Crippen molar-refractivity contribution in [3.05, 3.63) is 290 Å². The van der Waals surface area contributed by atoms with E-state index in [-0.39, 0.29) is 0 Å². The molecule has 386 valence electrons. The summed E-state index contributed by atoms with van der Waals surface area (Å²) in [6.07, 6.45) is 0. The molecule has 0 fully saturated rings. The lowest BCUT2D eigenvalue weighted by molar-refractivity contribution is 0.953. The van der Waals surface area contributed by atoms with E-state index in [1.807, 2.05) is 0 Å². The van der Waals surface area contributed by atoms with Crippen molar-refractivity contribution in [3.8, 4) is 40.1 Å². The fourth-order valence-corrected chi connectivity index (χ4v) is 20.0. The second-order valence-corrected chi connectivity index (χ2v) is 25.6. The van der Waals surface area contributed by atoms with Crippen molar-refractivity contribution >= 4 is 123 Å². The molecule has 0 saturated carbocycles. The highest BCUT2D eigenvalue weighted by atomic mass is 28.3. The molecule has 8 heteroatoms. The van der Waals surface area contributed by atoms with Crippen LogP contribution in [-0.4, -0.2) is 44.8 Å². The number of benzene rings is 12. The molecule has 0 saturated heterocycles. The molecule has 83 heavy (non-hydrogen) atoms. The van der Waals surface area contributed by atoms with Crippen molar-refractivity contribution in [2.75, 3.05) is 0 Å². The van der Waals surface area contributed by atoms with Gasteiger partial charge >= 0.3 is 0 Å². The molecule has 2 unspecified atom stereocenters. The summed E-state index contributed by atoms with van der Waals surface area (Å²) in [5, 5.41) is -13.8. The zero-order chi connectivity index (χ0) is 96.2. The average molecular weight is 1140 g/mol. The minimum atomic E-state index is -6.72. The average Bonchev–Trinajstić information content (AvgIpc) is 1.58. The van der Waals surface area contributed by atoms with Gasteiger partial charge in [0.05, 0.1) is 98.9 Å². The fraction of sp³-hybridized carbons (Fsp3) is 0. The summed E-state index contributed by atoms with van der Waals surface area (Å²) in [5.41, 5.74) is -9.79. The van der Waals surface area contributed by atoms with E-state index >= 15 is 0 Å². The first-order valence-electron chi connectivity index (χ1n) is 48.6. The first-order chi connectivity index (χ1) is 61.1. The van der Waals surface area contributed by atoms with E-state index in [1.165, 1.54) is 0 Å². The fourth-order valence-electron chi connectivity index (χ4n) is 11.6. The Labute approximate surface area is 547 Å². The molecule has 16 aromatic rings. The molecule has 0 aliphatic carbocycles. The highest BCUT2D eigenvalue weighted by Crippen LogP contribution is 2.38. The number of para-hydroxylation sites is 8. The third-order valence-corrected chi connectivity index (χ3v) is 23.2. The van der Waals surface area contributed by atoms with E-state index in [9.17, 15) is 52.1 Å². The van der Waals surface area contributed by atoms with E-state index in [2.05, 4.69) is 15.0 Å². The maximum Gasteiger partial charge on any atom is 0.238 e. The largest absolute Gasteiger partial charge is 0.309 e. The minimum absolute atomic E-state index is 0.503. The van der Waals surface area contributed by atoms with Crippen molar-refractivity contribution in [1.29, 1.82) is 0 Å². The smallest absolute Gasteiger partial charge is 0.238 e. The van der Waals surface area contributed by atoms with Gasteiger partial charge < -0.3 is 9.13 Å². The van der Waals surface area contributed by atoms with Crippen molar-refractivity contribution < 1.29 is 65.8 Å². The van der Waals surface area contributed by atoms with Crippen LogP contribution in [0.1, 0.15) is 65.8 Å². The molecule has 0 spiro atoms. The van der Waals surface area contributed by atoms with E-state index in [4.69, 9.17) is 13.7 Å². The normalized spacial score (nSPS) is 24.1. The molecule has 0 amide bonds. The molecule has 6 nitrogen and oxygen atoms in total. The molecule has 18 rings (SSSR count). The molecule has 2 aliphatic rings. The number of rotatable bonds is 7. The maximum atomic E-state index is 11.2. The highest BCUT2D eigenvalue weighted by molar-refractivity contribution is 7.22. The Kier molecular flexibility index (Phi) is 4.13. The van der Waals surface area contributed by atoms with Crippen LogP contribution < -0.4 is 41.5 Å². The molecule has 2 atom stereocenters. The molecular weight excluding hydrogens is 1040 g/mol. The monoisotopic (exact) mass is 1140 g/mol. The topological polar surface area (TPSA) is 53.5 Å². The SMILES string of the molecule is [2H]c1c([2H])c([2H])c([Si]2(c3c([2H])c([2H])c([2H])c(-c4nc(-c5c([2H])c([2H])c([2H])c([Si]6(c7c([2H])c([2H])c([2H])c([2H])c7[2H])c7c([2H])c([2H])c([2H])c([2H])c7-n7c8c([2H])c([2H])c([2H])c([2H])c8c8c([2H])c([2H])c([2H])c6c87)c5[2H])nc(-n5c6c([2H])c([2H])c([2H])c([2H])c6c6c([2H])c([2H])c([2H])c([2H])c65)n4)c3[2H])c3c([2H])c([2H])c([2H])c([2H])c3-n3c4c([2H])c([2H])c([2H])c([2H])c4c4c([2H])c([2H])c([2H])c2c43)c([2H])c1[2H]. The summed E-state index contributed by atoms with van der Waals surface area (Å²) in [6.45, 7) is 0. The Morgan fingerprint density at radius 3 is 1.04 bits per heavy atom. The number of aromatic nitrogens is 6. The number of hydrogen-bond donors (Lipinski definition) is 0. The van der Waals surface area contributed by atoms with E-state index in [0.717, 1.165) is 9.13 Å². The van der Waals surface area contributed by atoms with Gasteiger partial charge in [0.2, 0.25) is 5.95 Å². The zero-order valence-corrected chi connectivity index (χ0v) is 43.2. The second kappa shape index (κ2) is 17.5. The lowest BCUT2D eigenvalue weighted by Crippen LogP contribution is -2.76. The summed E-state index contributed by atoms with van der Waals surface area (Å²) < 4.78 is 468. The van der Waals surface area contributed by atoms with Gasteiger partial charge in [0.15, 0.2) is 27.8 Å². The van der Waals surface area contributed by atoms with Gasteiger partial charge in [0.25, 0.3) is 0 Å². The minimum Gasteiger partial charge on any atom is -0.309 e. The van der Waals surface area contributed by atoms with E-state index in [0.29, 0.717) is 4.57 Å². The van der Waals surface area contributed by atoms with Crippen molar-refractivity contribution in [3.63, 3.8) is 0 Å². The Morgan fingerprint density at radius 1 is 0.265 bits per heavy atom. The zero-order valence-electron chi connectivity index (χ0n) is 89.2. The van der Waals surface area contributed by atoms with Gasteiger partial charge in [-0.2, -0.15) is 9.97 Å². The molecule has 4 aromatic heterocycles. The molecule has 12 aromatic carbocycles. The van der Waals surface area contributed by atoms with Gasteiger partial charge in [-0.15, -0.1) is 0 Å². The van der Waals surface area contributed by atoms with Gasteiger partial charge in [-0.1, -0.05) is 254 Å². The summed E-state index contributed by atoms with van der Waals surface area (Å²) in [5.74, 6) is -4.26. The highest BCUT2D eigenvalue weighted by Gasteiger charge is 2.49. The van der Waals surface area contributed by atoms with Gasteiger partial charge in [0, 0.05) is 54.8 Å². The van der Waals surface area contributed by atoms with E-state index in [1.54, 1.807) is 0 Å². The van der Waals surface area contributed by atoms with Crippen LogP contribution in [0.4, 0.5) is 0 Å². The third kappa shape index (κ3) is 6.22. The predicted molar refractivity (Wildman–Crippen MR) is 348 cm³/mol. The lowest BCUT2D eigenvalue weighted by atomic mass is 10.1. The molecular formula is C75H48N6Si2. The van der Waals surface area contributed by atoms with Gasteiger partial charge in [-0.25, -0.2) is 4.98 Å². The van der Waals surface area contributed by atoms with Gasteiger partial charge in [-0.05, 0) is 77.7 Å². The third-order valence-electron chi connectivity index (χ3n) is 14.8. The van der Waals surface area contributed by atoms with Gasteiger partial charge in [0.1, 0.15) is 0 Å². The van der Waals surface area contributed by atoms with Crippen LogP contribution in [0, 0.1) is 0 Å². The summed E-state index contributed by atoms with van der Waals surface area (Å²) in [6, 6.07) is -59.8. The predicted octanol–water partition coefficient (Wildman–Crippen LogP) is 11.9. The van der Waals surface area contributed by atoms with E-state index < -0.39 is 453 Å². The quantitative estimate of drug-likeness (QED) is 0.149. The van der Waals surface area contributed by atoms with Crippen LogP contribution in [-0.2, 0) is 0 Å². The maximum absolute atomic E-state index is 11.2. The molecule has 0 bridgehead atoms. The lowest BCUT2D eigenvalue weighted by Gasteiger charge is -2.40. The van der Waals surface area contributed by atoms with Crippen LogP contribution in [0.25, 0.3) is 106 Å². The molecule has 2 aliphatic heterocycles. The Hall–Kier alpha value is -10.5. The number of fused-ring (bicyclic) bond motifs is 13. The molecule has 0 N–H and O–H groups in total. The van der Waals surface area contributed by atoms with Crippen LogP contribution in [0.3, 0.4) is 0 Å². The summed E-state index contributed by atoms with van der Waals surface area (Å²) in [7, 11) is -13.4. The number of hydrogen-bond acceptors (Lipinski definition) is 3. The van der Waals surface area contributed by atoms with Crippen LogP contribution >= 0.6 is 0 Å². The molecule has 6 heterocycles. The summed E-state index contributed by atoms with van der Waals surface area (Å²) in [4.78, 5) is 14.0. The van der Waals surface area contributed by atoms with Crippen molar-refractivity contribution in [2.24, 2.45) is 0 Å². The van der Waals surface area contributed by atoms with Crippen molar-refractivity contribution in [2.45, 2.75) is 0 Å².